The van der Waals surface area contributed by atoms with Crippen molar-refractivity contribution in [3.05, 3.63) is 5.56 Å². The topological polar surface area (TPSA) is 97.9 Å². The summed E-state index contributed by atoms with van der Waals surface area (Å²) in [5.74, 6) is -0.335. The van der Waals surface area contributed by atoms with Crippen LogP contribution in [0.15, 0.2) is 0 Å². The molecule has 1 atom stereocenters. The molecule has 1 unspecified atom stereocenters. The highest BCUT2D eigenvalue weighted by Gasteiger charge is 2.36. The third kappa shape index (κ3) is 2.87. The zero-order chi connectivity index (χ0) is 14.9. The number of ether oxygens (including phenoxy) is 2. The molecule has 0 radical (unpaired) electrons. The maximum absolute atomic E-state index is 11.8. The van der Waals surface area contributed by atoms with Gasteiger partial charge in [0.2, 0.25) is 0 Å². The number of anilines is 2. The van der Waals surface area contributed by atoms with Crippen LogP contribution in [0, 0.1) is 0 Å². The maximum atomic E-state index is 11.8. The molecule has 0 amide bonds. The van der Waals surface area contributed by atoms with Crippen LogP contribution in [0.4, 0.5) is 10.8 Å². The van der Waals surface area contributed by atoms with E-state index in [0.29, 0.717) is 18.1 Å². The molecule has 2 heterocycles. The Hall–Kier alpha value is -1.38. The highest BCUT2D eigenvalue weighted by atomic mass is 32.1. The van der Waals surface area contributed by atoms with Gasteiger partial charge in [0.25, 0.3) is 0 Å². The molecule has 0 aliphatic carbocycles. The molecule has 1 aliphatic rings. The lowest BCUT2D eigenvalue weighted by Crippen LogP contribution is -2.54. The summed E-state index contributed by atoms with van der Waals surface area (Å²) in [6.07, 6.45) is -0.312. The van der Waals surface area contributed by atoms with Gasteiger partial charge in [0.15, 0.2) is 5.82 Å². The van der Waals surface area contributed by atoms with Gasteiger partial charge in [-0.2, -0.15) is 4.37 Å². The van der Waals surface area contributed by atoms with E-state index in [9.17, 15) is 9.90 Å². The van der Waals surface area contributed by atoms with Crippen LogP contribution in [0.2, 0.25) is 0 Å². The smallest absolute Gasteiger partial charge is 0.344 e. The second-order valence-electron chi connectivity index (χ2n) is 5.30. The number of hydrogen-bond donors (Lipinski definition) is 2. The van der Waals surface area contributed by atoms with Crippen LogP contribution in [0.25, 0.3) is 0 Å². The Morgan fingerprint density at radius 2 is 2.40 bits per heavy atom. The van der Waals surface area contributed by atoms with E-state index < -0.39 is 11.6 Å². The van der Waals surface area contributed by atoms with Gasteiger partial charge in [-0.15, -0.1) is 0 Å². The van der Waals surface area contributed by atoms with E-state index in [-0.39, 0.29) is 24.1 Å². The Balaban J connectivity index is 2.33. The highest BCUT2D eigenvalue weighted by molar-refractivity contribution is 7.11. The summed E-state index contributed by atoms with van der Waals surface area (Å²) in [6, 6.07) is 0. The summed E-state index contributed by atoms with van der Waals surface area (Å²) in [6.45, 7) is 4.84. The minimum Gasteiger partial charge on any atom is -0.465 e. The molecular formula is C12H19N3O4S. The molecule has 0 aromatic carbocycles. The van der Waals surface area contributed by atoms with Crippen LogP contribution in [-0.4, -0.2) is 54.0 Å². The fraction of sp³-hybridized carbons (Fsp3) is 0.667. The molecule has 1 fully saturated rings. The Labute approximate surface area is 121 Å². The number of rotatable bonds is 3. The van der Waals surface area contributed by atoms with Crippen molar-refractivity contribution < 1.29 is 19.4 Å². The molecule has 7 nitrogen and oxygen atoms in total. The van der Waals surface area contributed by atoms with Gasteiger partial charge in [0.1, 0.15) is 10.6 Å². The van der Waals surface area contributed by atoms with Crippen molar-refractivity contribution in [2.45, 2.75) is 25.6 Å². The Morgan fingerprint density at radius 3 is 3.00 bits per heavy atom. The van der Waals surface area contributed by atoms with Crippen molar-refractivity contribution in [2.24, 2.45) is 0 Å². The monoisotopic (exact) mass is 301 g/mol. The molecule has 3 N–H and O–H groups in total. The van der Waals surface area contributed by atoms with Crippen LogP contribution in [0.5, 0.6) is 0 Å². The molecule has 1 saturated heterocycles. The van der Waals surface area contributed by atoms with Crippen LogP contribution in [0.3, 0.4) is 0 Å². The SMILES string of the molecule is COC(=O)c1c(N)nsc1N1CC(CO)OC(C)(C)C1. The number of aliphatic hydroxyl groups excluding tert-OH is 1. The summed E-state index contributed by atoms with van der Waals surface area (Å²) in [5, 5.41) is 9.99. The van der Waals surface area contributed by atoms with Gasteiger partial charge in [-0.05, 0) is 25.4 Å². The van der Waals surface area contributed by atoms with Gasteiger partial charge in [0.05, 0.1) is 25.4 Å². The molecule has 1 aromatic rings. The molecular weight excluding hydrogens is 282 g/mol. The second-order valence-corrected chi connectivity index (χ2v) is 6.05. The predicted molar refractivity (Wildman–Crippen MR) is 76.1 cm³/mol. The van der Waals surface area contributed by atoms with E-state index in [1.165, 1.54) is 7.11 Å². The van der Waals surface area contributed by atoms with Crippen molar-refractivity contribution in [3.8, 4) is 0 Å². The van der Waals surface area contributed by atoms with Crippen LogP contribution in [-0.2, 0) is 9.47 Å². The lowest BCUT2D eigenvalue weighted by molar-refractivity contribution is -0.100. The first kappa shape index (κ1) is 15.0. The largest absolute Gasteiger partial charge is 0.465 e. The number of carbonyl (C=O) groups is 1. The minimum atomic E-state index is -0.504. The Bertz CT molecular complexity index is 503. The molecule has 1 aromatic heterocycles. The molecule has 0 spiro atoms. The number of aliphatic hydroxyl groups is 1. The average molecular weight is 301 g/mol. The molecule has 112 valence electrons. The van der Waals surface area contributed by atoms with E-state index >= 15 is 0 Å². The van der Waals surface area contributed by atoms with E-state index in [1.54, 1.807) is 0 Å². The second kappa shape index (κ2) is 5.55. The van der Waals surface area contributed by atoms with Crippen molar-refractivity contribution in [1.29, 1.82) is 0 Å². The standard InChI is InChI=1S/C12H19N3O4S/c1-12(2)6-15(4-7(5-16)19-12)10-8(11(17)18-3)9(13)14-20-10/h7,16H,4-6H2,1-3H3,(H2,13,14). The maximum Gasteiger partial charge on any atom is 0.344 e. The molecule has 0 bridgehead atoms. The summed E-state index contributed by atoms with van der Waals surface area (Å²) in [4.78, 5) is 13.8. The number of hydrogen-bond acceptors (Lipinski definition) is 8. The molecule has 1 aliphatic heterocycles. The van der Waals surface area contributed by atoms with Crippen LogP contribution in [0.1, 0.15) is 24.2 Å². The van der Waals surface area contributed by atoms with Crippen molar-refractivity contribution in [3.63, 3.8) is 0 Å². The fourth-order valence-corrected chi connectivity index (χ4v) is 3.16. The summed E-state index contributed by atoms with van der Waals surface area (Å²) in [7, 11) is 1.31. The number of esters is 1. The number of aromatic nitrogens is 1. The normalized spacial score (nSPS) is 21.8. The Kier molecular flexibility index (Phi) is 4.17. The summed E-state index contributed by atoms with van der Waals surface area (Å²) >= 11 is 1.15. The fourth-order valence-electron chi connectivity index (χ4n) is 2.35. The number of methoxy groups -OCH3 is 1. The number of nitrogen functional groups attached to an aromatic ring is 1. The third-order valence-electron chi connectivity index (χ3n) is 3.06. The first-order chi connectivity index (χ1) is 9.38. The molecule has 2 rings (SSSR count). The van der Waals surface area contributed by atoms with Crippen molar-refractivity contribution >= 4 is 28.3 Å². The van der Waals surface area contributed by atoms with Crippen molar-refractivity contribution in [2.75, 3.05) is 37.4 Å². The lowest BCUT2D eigenvalue weighted by atomic mass is 10.1. The average Bonchev–Trinajstić information content (AvgIpc) is 2.78. The first-order valence-electron chi connectivity index (χ1n) is 6.25. The van der Waals surface area contributed by atoms with E-state index in [4.69, 9.17) is 15.2 Å². The summed E-state index contributed by atoms with van der Waals surface area (Å²) in [5.41, 5.74) is 5.60. The van der Waals surface area contributed by atoms with Gasteiger partial charge in [0, 0.05) is 13.1 Å². The Morgan fingerprint density at radius 1 is 1.70 bits per heavy atom. The number of nitrogens with two attached hydrogens (primary N) is 1. The number of carbonyl (C=O) groups excluding carboxylic acids is 1. The zero-order valence-corrected chi connectivity index (χ0v) is 12.6. The minimum absolute atomic E-state index is 0.0816. The highest BCUT2D eigenvalue weighted by Crippen LogP contribution is 2.34. The predicted octanol–water partition coefficient (Wildman–Crippen LogP) is 0.488. The van der Waals surface area contributed by atoms with Gasteiger partial charge in [-0.1, -0.05) is 0 Å². The van der Waals surface area contributed by atoms with Gasteiger partial charge >= 0.3 is 5.97 Å². The summed E-state index contributed by atoms with van der Waals surface area (Å²) < 4.78 is 14.5. The molecule has 20 heavy (non-hydrogen) atoms. The lowest BCUT2D eigenvalue weighted by Gasteiger charge is -2.42. The third-order valence-corrected chi connectivity index (χ3v) is 3.99. The first-order valence-corrected chi connectivity index (χ1v) is 7.02. The molecule has 0 saturated carbocycles. The van der Waals surface area contributed by atoms with Crippen LogP contribution < -0.4 is 10.6 Å². The van der Waals surface area contributed by atoms with Gasteiger partial charge in [-0.25, -0.2) is 4.79 Å². The van der Waals surface area contributed by atoms with E-state index in [0.717, 1.165) is 11.5 Å². The number of morpholine rings is 1. The zero-order valence-electron chi connectivity index (χ0n) is 11.8. The van der Waals surface area contributed by atoms with Crippen molar-refractivity contribution in [1.82, 2.24) is 4.37 Å². The van der Waals surface area contributed by atoms with Gasteiger partial charge in [-0.3, -0.25) is 0 Å². The quantitative estimate of drug-likeness (QED) is 0.784. The van der Waals surface area contributed by atoms with Gasteiger partial charge < -0.3 is 25.2 Å². The van der Waals surface area contributed by atoms with Crippen LogP contribution >= 0.6 is 11.5 Å². The van der Waals surface area contributed by atoms with E-state index in [1.807, 2.05) is 18.7 Å². The molecule has 8 heteroatoms. The number of nitrogens with zero attached hydrogens (tertiary/aromatic N) is 2. The van der Waals surface area contributed by atoms with E-state index in [2.05, 4.69) is 4.37 Å².